The number of hydrogen-bond donors (Lipinski definition) is 2. The zero-order valence-electron chi connectivity index (χ0n) is 14.1. The molecule has 0 aliphatic heterocycles. The van der Waals surface area contributed by atoms with E-state index in [1.165, 1.54) is 41.8 Å². The molecule has 0 saturated heterocycles. The van der Waals surface area contributed by atoms with E-state index in [0.29, 0.717) is 10.8 Å². The highest BCUT2D eigenvalue weighted by molar-refractivity contribution is 7.93. The number of thiazole rings is 1. The van der Waals surface area contributed by atoms with E-state index >= 15 is 0 Å². The molecular weight excluding hydrogens is 374 g/mol. The van der Waals surface area contributed by atoms with Crippen LogP contribution >= 0.6 is 11.3 Å². The van der Waals surface area contributed by atoms with E-state index in [-0.39, 0.29) is 10.8 Å². The second-order valence-corrected chi connectivity index (χ2v) is 8.13. The molecule has 0 saturated carbocycles. The number of rotatable bonds is 6. The van der Waals surface area contributed by atoms with Gasteiger partial charge in [0.15, 0.2) is 5.13 Å². The highest BCUT2D eigenvalue weighted by atomic mass is 32.2. The number of carbonyl (C=O) groups excluding carboxylic acids is 1. The van der Waals surface area contributed by atoms with Crippen molar-refractivity contribution in [3.63, 3.8) is 0 Å². The van der Waals surface area contributed by atoms with Crippen molar-refractivity contribution in [3.05, 3.63) is 53.8 Å². The van der Waals surface area contributed by atoms with Crippen molar-refractivity contribution >= 4 is 38.1 Å². The molecule has 2 aromatic heterocycles. The molecule has 1 atom stereocenters. The van der Waals surface area contributed by atoms with Gasteiger partial charge in [-0.2, -0.15) is 5.10 Å². The first-order valence-electron chi connectivity index (χ1n) is 7.70. The summed E-state index contributed by atoms with van der Waals surface area (Å²) in [5.74, 6) is -0.242. The monoisotopic (exact) mass is 391 g/mol. The van der Waals surface area contributed by atoms with Crippen LogP contribution in [0, 0.1) is 6.92 Å². The quantitative estimate of drug-likeness (QED) is 0.672. The summed E-state index contributed by atoms with van der Waals surface area (Å²) in [7, 11) is -3.71. The largest absolute Gasteiger partial charge is 0.324 e. The summed E-state index contributed by atoms with van der Waals surface area (Å²) in [5.41, 5.74) is 1.38. The van der Waals surface area contributed by atoms with Gasteiger partial charge in [0.25, 0.3) is 10.0 Å². The zero-order chi connectivity index (χ0) is 18.7. The summed E-state index contributed by atoms with van der Waals surface area (Å²) < 4.78 is 28.6. The summed E-state index contributed by atoms with van der Waals surface area (Å²) in [4.78, 5) is 16.3. The van der Waals surface area contributed by atoms with E-state index in [9.17, 15) is 13.2 Å². The highest BCUT2D eigenvalue weighted by Crippen LogP contribution is 2.20. The molecule has 3 rings (SSSR count). The minimum Gasteiger partial charge on any atom is -0.324 e. The molecule has 1 unspecified atom stereocenters. The molecule has 0 aliphatic carbocycles. The lowest BCUT2D eigenvalue weighted by Gasteiger charge is -2.14. The number of anilines is 2. The van der Waals surface area contributed by atoms with Crippen molar-refractivity contribution in [3.8, 4) is 0 Å². The van der Waals surface area contributed by atoms with Crippen LogP contribution in [0.5, 0.6) is 0 Å². The Balaban J connectivity index is 1.69. The molecule has 8 nitrogen and oxygen atoms in total. The normalized spacial score (nSPS) is 12.5. The molecule has 1 aromatic carbocycles. The number of carbonyl (C=O) groups is 1. The molecule has 10 heteroatoms. The molecular formula is C16H17N5O3S2. The van der Waals surface area contributed by atoms with Gasteiger partial charge in [0.1, 0.15) is 6.04 Å². The Morgan fingerprint density at radius 1 is 1.19 bits per heavy atom. The Morgan fingerprint density at radius 3 is 2.50 bits per heavy atom. The van der Waals surface area contributed by atoms with Crippen LogP contribution in [0.25, 0.3) is 0 Å². The second-order valence-electron chi connectivity index (χ2n) is 5.55. The van der Waals surface area contributed by atoms with E-state index < -0.39 is 16.1 Å². The summed E-state index contributed by atoms with van der Waals surface area (Å²) in [6, 6.07) is 7.26. The van der Waals surface area contributed by atoms with Crippen molar-refractivity contribution in [2.24, 2.45) is 0 Å². The van der Waals surface area contributed by atoms with Crippen molar-refractivity contribution in [1.82, 2.24) is 14.8 Å². The van der Waals surface area contributed by atoms with Crippen LogP contribution in [0.1, 0.15) is 18.7 Å². The van der Waals surface area contributed by atoms with Gasteiger partial charge in [0.05, 0.1) is 4.90 Å². The van der Waals surface area contributed by atoms with Crippen molar-refractivity contribution in [2.75, 3.05) is 10.0 Å². The average molecular weight is 391 g/mol. The fraction of sp³-hybridized carbons (Fsp3) is 0.188. The first-order valence-corrected chi connectivity index (χ1v) is 10.1. The maximum absolute atomic E-state index is 12.3. The topological polar surface area (TPSA) is 106 Å². The Morgan fingerprint density at radius 2 is 1.92 bits per heavy atom. The van der Waals surface area contributed by atoms with Crippen molar-refractivity contribution < 1.29 is 13.2 Å². The predicted octanol–water partition coefficient (Wildman–Crippen LogP) is 2.65. The minimum absolute atomic E-state index is 0.0849. The fourth-order valence-electron chi connectivity index (χ4n) is 2.31. The van der Waals surface area contributed by atoms with Gasteiger partial charge in [0.2, 0.25) is 5.91 Å². The number of aryl methyl sites for hydroxylation is 1. The summed E-state index contributed by atoms with van der Waals surface area (Å²) in [6.45, 7) is 3.61. The van der Waals surface area contributed by atoms with Gasteiger partial charge in [-0.1, -0.05) is 0 Å². The van der Waals surface area contributed by atoms with Gasteiger partial charge in [-0.3, -0.25) is 14.2 Å². The lowest BCUT2D eigenvalue weighted by atomic mass is 10.2. The van der Waals surface area contributed by atoms with E-state index in [4.69, 9.17) is 0 Å². The molecule has 1 amide bonds. The third kappa shape index (κ3) is 3.92. The van der Waals surface area contributed by atoms with E-state index in [2.05, 4.69) is 20.1 Å². The Hall–Kier alpha value is -2.72. The second kappa shape index (κ2) is 7.26. The van der Waals surface area contributed by atoms with Crippen LogP contribution in [0.3, 0.4) is 0 Å². The maximum atomic E-state index is 12.3. The van der Waals surface area contributed by atoms with Gasteiger partial charge < -0.3 is 5.32 Å². The third-order valence-electron chi connectivity index (χ3n) is 3.70. The molecule has 0 bridgehead atoms. The van der Waals surface area contributed by atoms with Crippen LogP contribution in [-0.2, 0) is 14.8 Å². The fourth-order valence-corrected chi connectivity index (χ4v) is 4.10. The third-order valence-corrected chi connectivity index (χ3v) is 5.87. The summed E-state index contributed by atoms with van der Waals surface area (Å²) in [6.07, 6.45) is 3.15. The Bertz CT molecular complexity index is 995. The zero-order valence-corrected chi connectivity index (χ0v) is 15.7. The first-order chi connectivity index (χ1) is 12.4. The van der Waals surface area contributed by atoms with Gasteiger partial charge in [-0.05, 0) is 44.2 Å². The van der Waals surface area contributed by atoms with Gasteiger partial charge >= 0.3 is 0 Å². The molecule has 136 valence electrons. The predicted molar refractivity (Wildman–Crippen MR) is 99.7 cm³/mol. The van der Waals surface area contributed by atoms with Crippen LogP contribution in [0.4, 0.5) is 10.8 Å². The SMILES string of the molecule is Cc1ccnn1C(C)C(=O)Nc1ccc(S(=O)(=O)Nc2nccs2)cc1. The number of nitrogens with one attached hydrogen (secondary N) is 2. The average Bonchev–Trinajstić information content (AvgIpc) is 3.26. The number of aromatic nitrogens is 3. The van der Waals surface area contributed by atoms with Crippen LogP contribution in [0.2, 0.25) is 0 Å². The number of sulfonamides is 1. The molecule has 0 fully saturated rings. The van der Waals surface area contributed by atoms with Gasteiger partial charge in [0, 0.05) is 29.2 Å². The van der Waals surface area contributed by atoms with E-state index in [0.717, 1.165) is 5.69 Å². The lowest BCUT2D eigenvalue weighted by Crippen LogP contribution is -2.25. The maximum Gasteiger partial charge on any atom is 0.263 e. The molecule has 3 aromatic rings. The van der Waals surface area contributed by atoms with E-state index in [1.807, 2.05) is 13.0 Å². The molecule has 2 heterocycles. The summed E-state index contributed by atoms with van der Waals surface area (Å²) >= 11 is 1.19. The highest BCUT2D eigenvalue weighted by Gasteiger charge is 2.18. The lowest BCUT2D eigenvalue weighted by molar-refractivity contribution is -0.119. The number of hydrogen-bond acceptors (Lipinski definition) is 6. The number of amides is 1. The number of benzene rings is 1. The standard InChI is InChI=1S/C16H17N5O3S2/c1-11-7-8-18-21(11)12(2)15(22)19-13-3-5-14(6-4-13)26(23,24)20-16-17-9-10-25-16/h3-10,12H,1-2H3,(H,17,20)(H,19,22). The molecule has 0 aliphatic rings. The Labute approximate surface area is 154 Å². The van der Waals surface area contributed by atoms with Crippen LogP contribution < -0.4 is 10.0 Å². The van der Waals surface area contributed by atoms with Crippen LogP contribution in [-0.4, -0.2) is 29.1 Å². The molecule has 0 radical (unpaired) electrons. The molecule has 26 heavy (non-hydrogen) atoms. The van der Waals surface area contributed by atoms with Crippen LogP contribution in [0.15, 0.2) is 53.0 Å². The van der Waals surface area contributed by atoms with E-state index in [1.54, 1.807) is 23.2 Å². The first kappa shape index (κ1) is 18.1. The molecule has 2 N–H and O–H groups in total. The Kier molecular flexibility index (Phi) is 5.05. The van der Waals surface area contributed by atoms with Crippen molar-refractivity contribution in [2.45, 2.75) is 24.8 Å². The minimum atomic E-state index is -3.71. The van der Waals surface area contributed by atoms with Gasteiger partial charge in [-0.15, -0.1) is 11.3 Å². The molecule has 0 spiro atoms. The van der Waals surface area contributed by atoms with Crippen molar-refractivity contribution in [1.29, 1.82) is 0 Å². The smallest absolute Gasteiger partial charge is 0.263 e. The van der Waals surface area contributed by atoms with Gasteiger partial charge in [-0.25, -0.2) is 13.4 Å². The number of nitrogens with zero attached hydrogens (tertiary/aromatic N) is 3. The summed E-state index contributed by atoms with van der Waals surface area (Å²) in [5, 5.41) is 8.86.